The highest BCUT2D eigenvalue weighted by Gasteiger charge is 2.32. The van der Waals surface area contributed by atoms with E-state index >= 15 is 0 Å². The van der Waals surface area contributed by atoms with Crippen LogP contribution in [0.3, 0.4) is 0 Å². The zero-order valence-corrected chi connectivity index (χ0v) is 23.3. The molecule has 1 aromatic heterocycles. The van der Waals surface area contributed by atoms with Crippen LogP contribution in [0.5, 0.6) is 0 Å². The first kappa shape index (κ1) is 26.9. The molecule has 1 aliphatic carbocycles. The van der Waals surface area contributed by atoms with Crippen LogP contribution >= 0.6 is 22.9 Å². The summed E-state index contributed by atoms with van der Waals surface area (Å²) in [6.45, 7) is 9.39. The largest absolute Gasteiger partial charge is 0.481 e. The third-order valence-corrected chi connectivity index (χ3v) is 8.42. The fourth-order valence-electron chi connectivity index (χ4n) is 5.43. The third-order valence-electron chi connectivity index (χ3n) is 7.02. The first-order valence-electron chi connectivity index (χ1n) is 12.9. The summed E-state index contributed by atoms with van der Waals surface area (Å²) in [6.07, 6.45) is 6.72. The smallest absolute Gasteiger partial charge is 0.307 e. The number of carbonyl (C=O) groups is 1. The molecule has 5 nitrogen and oxygen atoms in total. The van der Waals surface area contributed by atoms with Gasteiger partial charge in [-0.15, -0.1) is 0 Å². The number of nitrogens with zero attached hydrogens (tertiary/aromatic N) is 2. The monoisotopic (exact) mass is 528 g/mol. The summed E-state index contributed by atoms with van der Waals surface area (Å²) in [4.78, 5) is 19.1. The summed E-state index contributed by atoms with van der Waals surface area (Å²) in [6, 6.07) is 9.75. The van der Waals surface area contributed by atoms with Crippen LogP contribution in [0, 0.1) is 18.8 Å². The van der Waals surface area contributed by atoms with Crippen LogP contribution in [0.1, 0.15) is 64.0 Å². The first-order valence-corrected chi connectivity index (χ1v) is 14.1. The molecule has 2 atom stereocenters. The van der Waals surface area contributed by atoms with E-state index in [2.05, 4.69) is 11.0 Å². The molecule has 3 aromatic rings. The molecule has 0 radical (unpaired) electrons. The number of aromatic nitrogens is 1. The zero-order chi connectivity index (χ0) is 26.0. The number of hydrogen-bond donors (Lipinski definition) is 2. The van der Waals surface area contributed by atoms with Gasteiger partial charge in [0, 0.05) is 23.7 Å². The van der Waals surface area contributed by atoms with E-state index in [9.17, 15) is 9.90 Å². The molecule has 5 rings (SSSR count). The quantitative estimate of drug-likeness (QED) is 0.370. The predicted octanol–water partition coefficient (Wildman–Crippen LogP) is 7.35. The fraction of sp³-hybridized carbons (Fsp3) is 0.517. The third kappa shape index (κ3) is 6.58. The van der Waals surface area contributed by atoms with Crippen molar-refractivity contribution in [3.8, 4) is 11.1 Å². The minimum atomic E-state index is -0.818. The van der Waals surface area contributed by atoms with Gasteiger partial charge >= 0.3 is 5.97 Å². The van der Waals surface area contributed by atoms with Gasteiger partial charge < -0.3 is 15.1 Å². The highest BCUT2D eigenvalue weighted by atomic mass is 35.5. The molecule has 194 valence electrons. The van der Waals surface area contributed by atoms with Crippen LogP contribution in [0.2, 0.25) is 5.02 Å². The van der Waals surface area contributed by atoms with Crippen molar-refractivity contribution in [1.82, 2.24) is 4.98 Å². The van der Waals surface area contributed by atoms with Crippen molar-refractivity contribution in [3.05, 3.63) is 46.5 Å². The van der Waals surface area contributed by atoms with Gasteiger partial charge in [-0.1, -0.05) is 54.3 Å². The number of hydrogen-bond acceptors (Lipinski definition) is 5. The number of carboxylic acids is 1. The van der Waals surface area contributed by atoms with Crippen molar-refractivity contribution in [2.75, 3.05) is 18.0 Å². The molecule has 2 unspecified atom stereocenters. The maximum atomic E-state index is 11.6. The normalized spacial score (nSPS) is 20.0. The van der Waals surface area contributed by atoms with Crippen molar-refractivity contribution in [2.45, 2.75) is 71.8 Å². The Morgan fingerprint density at radius 2 is 1.78 bits per heavy atom. The van der Waals surface area contributed by atoms with E-state index in [1.54, 1.807) is 32.1 Å². The average molecular weight is 529 g/mol. The lowest BCUT2D eigenvalue weighted by atomic mass is 9.75. The van der Waals surface area contributed by atoms with Crippen LogP contribution in [0.4, 0.5) is 5.13 Å². The number of piperidine rings is 1. The number of aliphatic hydroxyl groups is 1. The van der Waals surface area contributed by atoms with Gasteiger partial charge in [-0.25, -0.2) is 4.98 Å². The first-order chi connectivity index (χ1) is 17.0. The topological polar surface area (TPSA) is 73.7 Å². The number of benzene rings is 2. The molecule has 1 saturated heterocycles. The highest BCUT2D eigenvalue weighted by Crippen LogP contribution is 2.43. The standard InChI is InChI=1S/C25H27ClN2O2S.C4H10O/c1-15-12-21-24(23(20(15)13-22(29)30)17-6-8-19(26)9-7-17)31-25(27-21)28-11-10-16-4-2-3-5-18(16)14-28;1-4(2,3)5/h6-9,12,16,18H,2-5,10-11,13-14H2,1H3,(H,29,30);5H,1-3H3. The molecule has 1 saturated carbocycles. The molecular formula is C29H37ClN2O3S. The van der Waals surface area contributed by atoms with Crippen molar-refractivity contribution in [2.24, 2.45) is 11.8 Å². The van der Waals surface area contributed by atoms with Gasteiger partial charge in [0.15, 0.2) is 5.13 Å². The van der Waals surface area contributed by atoms with E-state index in [-0.39, 0.29) is 6.42 Å². The Morgan fingerprint density at radius 1 is 1.14 bits per heavy atom. The number of aryl methyl sites for hydroxylation is 1. The minimum absolute atomic E-state index is 0.000431. The van der Waals surface area contributed by atoms with Crippen molar-refractivity contribution in [3.63, 3.8) is 0 Å². The number of rotatable bonds is 4. The summed E-state index contributed by atoms with van der Waals surface area (Å²) in [5, 5.41) is 19.8. The lowest BCUT2D eigenvalue weighted by Gasteiger charge is -2.41. The van der Waals surface area contributed by atoms with Crippen molar-refractivity contribution >= 4 is 44.3 Å². The zero-order valence-electron chi connectivity index (χ0n) is 21.7. The van der Waals surface area contributed by atoms with Crippen LogP contribution in [-0.2, 0) is 11.2 Å². The molecule has 36 heavy (non-hydrogen) atoms. The van der Waals surface area contributed by atoms with E-state index in [1.165, 1.54) is 32.1 Å². The van der Waals surface area contributed by atoms with Crippen LogP contribution < -0.4 is 4.90 Å². The van der Waals surface area contributed by atoms with Gasteiger partial charge in [0.05, 0.1) is 22.2 Å². The number of carboxylic acid groups (broad SMARTS) is 1. The van der Waals surface area contributed by atoms with Gasteiger partial charge in [0.25, 0.3) is 0 Å². The second-order valence-electron chi connectivity index (χ2n) is 11.2. The summed E-state index contributed by atoms with van der Waals surface area (Å²) in [5.41, 5.74) is 4.29. The van der Waals surface area contributed by atoms with E-state index in [1.807, 2.05) is 31.2 Å². The van der Waals surface area contributed by atoms with Crippen LogP contribution in [-0.4, -0.2) is 39.9 Å². The van der Waals surface area contributed by atoms with Gasteiger partial charge in [0.2, 0.25) is 0 Å². The molecule has 2 aliphatic rings. The van der Waals surface area contributed by atoms with Crippen molar-refractivity contribution in [1.29, 1.82) is 0 Å². The fourth-order valence-corrected chi connectivity index (χ4v) is 6.73. The SMILES string of the molecule is CC(C)(C)O.Cc1cc2nc(N3CCC4CCCCC4C3)sc2c(-c2ccc(Cl)cc2)c1CC(=O)O. The molecule has 1 aliphatic heterocycles. The molecule has 0 amide bonds. The van der Waals surface area contributed by atoms with Gasteiger partial charge in [-0.05, 0) is 87.3 Å². The van der Waals surface area contributed by atoms with Gasteiger partial charge in [-0.2, -0.15) is 0 Å². The Labute approximate surface area is 223 Å². The Balaban J connectivity index is 0.000000556. The van der Waals surface area contributed by atoms with E-state index in [0.717, 1.165) is 62.5 Å². The molecular weight excluding hydrogens is 492 g/mol. The van der Waals surface area contributed by atoms with Gasteiger partial charge in [-0.3, -0.25) is 4.79 Å². The Kier molecular flexibility index (Phi) is 8.28. The number of fused-ring (bicyclic) bond motifs is 2. The molecule has 0 bridgehead atoms. The molecule has 2 heterocycles. The Morgan fingerprint density at radius 3 is 2.42 bits per heavy atom. The Hall–Kier alpha value is -2.15. The number of thiazole rings is 1. The van der Waals surface area contributed by atoms with Crippen molar-refractivity contribution < 1.29 is 15.0 Å². The second-order valence-corrected chi connectivity index (χ2v) is 12.6. The maximum Gasteiger partial charge on any atom is 0.307 e. The second kappa shape index (κ2) is 11.1. The van der Waals surface area contributed by atoms with Crippen LogP contribution in [0.15, 0.2) is 30.3 Å². The predicted molar refractivity (Wildman–Crippen MR) is 150 cm³/mol. The molecule has 7 heteroatoms. The number of aliphatic carboxylic acids is 1. The summed E-state index contributed by atoms with van der Waals surface area (Å²) in [7, 11) is 0. The lowest BCUT2D eigenvalue weighted by molar-refractivity contribution is -0.136. The average Bonchev–Trinajstić information content (AvgIpc) is 3.22. The molecule has 2 aromatic carbocycles. The highest BCUT2D eigenvalue weighted by molar-refractivity contribution is 7.22. The molecule has 2 fully saturated rings. The van der Waals surface area contributed by atoms with E-state index < -0.39 is 11.6 Å². The maximum absolute atomic E-state index is 11.6. The Bertz CT molecular complexity index is 1210. The summed E-state index contributed by atoms with van der Waals surface area (Å²) < 4.78 is 1.07. The van der Waals surface area contributed by atoms with E-state index in [4.69, 9.17) is 21.7 Å². The minimum Gasteiger partial charge on any atom is -0.481 e. The number of anilines is 1. The van der Waals surface area contributed by atoms with Gasteiger partial charge in [0.1, 0.15) is 0 Å². The molecule has 0 spiro atoms. The van der Waals surface area contributed by atoms with Crippen LogP contribution in [0.25, 0.3) is 21.3 Å². The lowest BCUT2D eigenvalue weighted by Crippen LogP contribution is -2.41. The van der Waals surface area contributed by atoms with E-state index in [0.29, 0.717) is 5.02 Å². The summed E-state index contributed by atoms with van der Waals surface area (Å²) in [5.74, 6) is 0.852. The molecule has 2 N–H and O–H groups in total. The number of halogens is 1. The summed E-state index contributed by atoms with van der Waals surface area (Å²) >= 11 is 7.83.